The number of Topliss-reactive ketones (excluding diaryl/α,β-unsaturated/α-hetero) is 1. The number of aliphatic hydroxyl groups is 1. The van der Waals surface area contributed by atoms with E-state index < -0.39 is 12.0 Å². The number of ketones is 1. The summed E-state index contributed by atoms with van der Waals surface area (Å²) in [5.74, 6) is -0.541. The molecule has 0 radical (unpaired) electrons. The summed E-state index contributed by atoms with van der Waals surface area (Å²) >= 11 is 0. The van der Waals surface area contributed by atoms with Gasteiger partial charge in [-0.2, -0.15) is 0 Å². The van der Waals surface area contributed by atoms with E-state index in [2.05, 4.69) is 0 Å². The number of rotatable bonds is 5. The molecule has 2 atom stereocenters. The zero-order valence-electron chi connectivity index (χ0n) is 13.6. The van der Waals surface area contributed by atoms with Crippen molar-refractivity contribution in [2.45, 2.75) is 13.0 Å². The highest BCUT2D eigenvalue weighted by atomic mass is 16.3. The van der Waals surface area contributed by atoms with Gasteiger partial charge in [-0.05, 0) is 16.7 Å². The molecule has 24 heavy (non-hydrogen) atoms. The number of benzene rings is 3. The van der Waals surface area contributed by atoms with Gasteiger partial charge in [-0.3, -0.25) is 4.79 Å². The van der Waals surface area contributed by atoms with Gasteiger partial charge in [0.05, 0.1) is 6.10 Å². The third kappa shape index (κ3) is 3.44. The Morgan fingerprint density at radius 2 is 1.25 bits per heavy atom. The maximum Gasteiger partial charge on any atom is 0.168 e. The number of hydrogen-bond donors (Lipinski definition) is 1. The van der Waals surface area contributed by atoms with E-state index in [1.807, 2.05) is 84.9 Å². The molecular weight excluding hydrogens is 296 g/mol. The van der Waals surface area contributed by atoms with Crippen molar-refractivity contribution in [1.29, 1.82) is 0 Å². The van der Waals surface area contributed by atoms with Crippen LogP contribution in [0.1, 0.15) is 28.9 Å². The molecule has 2 nitrogen and oxygen atoms in total. The van der Waals surface area contributed by atoms with Gasteiger partial charge >= 0.3 is 0 Å². The summed E-state index contributed by atoms with van der Waals surface area (Å²) in [5.41, 5.74) is 3.58. The van der Waals surface area contributed by atoms with E-state index in [-0.39, 0.29) is 5.78 Å². The van der Waals surface area contributed by atoms with Crippen LogP contribution in [-0.4, -0.2) is 10.9 Å². The second kappa shape index (κ2) is 7.24. The predicted molar refractivity (Wildman–Crippen MR) is 96.8 cm³/mol. The molecule has 0 aliphatic heterocycles. The van der Waals surface area contributed by atoms with Gasteiger partial charge in [0.15, 0.2) is 5.78 Å². The topological polar surface area (TPSA) is 37.3 Å². The largest absolute Gasteiger partial charge is 0.388 e. The number of carbonyl (C=O) groups excluding carboxylic acids is 1. The third-order valence-corrected chi connectivity index (χ3v) is 4.30. The molecule has 0 saturated heterocycles. The minimum Gasteiger partial charge on any atom is -0.388 e. The van der Waals surface area contributed by atoms with Crippen LogP contribution in [0.5, 0.6) is 0 Å². The third-order valence-electron chi connectivity index (χ3n) is 4.30. The molecule has 0 unspecified atom stereocenters. The Balaban J connectivity index is 1.77. The number of aliphatic hydroxyl groups excluding tert-OH is 1. The van der Waals surface area contributed by atoms with Gasteiger partial charge in [-0.25, -0.2) is 0 Å². The van der Waals surface area contributed by atoms with Gasteiger partial charge in [0.1, 0.15) is 0 Å². The molecule has 0 heterocycles. The fourth-order valence-corrected chi connectivity index (χ4v) is 2.80. The fraction of sp³-hybridized carbons (Fsp3) is 0.136. The Hall–Kier alpha value is -2.71. The first-order valence-electron chi connectivity index (χ1n) is 8.09. The summed E-state index contributed by atoms with van der Waals surface area (Å²) in [6, 6.07) is 26.9. The van der Waals surface area contributed by atoms with Crippen molar-refractivity contribution in [3.05, 3.63) is 96.1 Å². The van der Waals surface area contributed by atoms with Crippen LogP contribution >= 0.6 is 0 Å². The first-order chi connectivity index (χ1) is 11.7. The van der Waals surface area contributed by atoms with Crippen molar-refractivity contribution in [2.75, 3.05) is 0 Å². The van der Waals surface area contributed by atoms with Crippen LogP contribution in [0.15, 0.2) is 84.9 Å². The zero-order chi connectivity index (χ0) is 16.9. The van der Waals surface area contributed by atoms with Gasteiger partial charge in [-0.1, -0.05) is 91.9 Å². The highest BCUT2D eigenvalue weighted by Gasteiger charge is 2.24. The summed E-state index contributed by atoms with van der Waals surface area (Å²) < 4.78 is 0. The molecular formula is C22H20O2. The van der Waals surface area contributed by atoms with Crippen LogP contribution in [0.3, 0.4) is 0 Å². The number of hydrogen-bond acceptors (Lipinski definition) is 2. The van der Waals surface area contributed by atoms with E-state index in [1.54, 1.807) is 6.92 Å². The van der Waals surface area contributed by atoms with Crippen LogP contribution in [0.2, 0.25) is 0 Å². The minimum absolute atomic E-state index is 0.0500. The van der Waals surface area contributed by atoms with Crippen LogP contribution < -0.4 is 0 Å². The van der Waals surface area contributed by atoms with Crippen LogP contribution in [-0.2, 0) is 0 Å². The molecule has 3 aromatic carbocycles. The second-order valence-electron chi connectivity index (χ2n) is 5.95. The second-order valence-corrected chi connectivity index (χ2v) is 5.95. The van der Waals surface area contributed by atoms with E-state index >= 15 is 0 Å². The standard InChI is InChI=1S/C22H20O2/c1-16(21(23)19-10-6-3-7-11-19)22(24)20-14-12-18(13-15-20)17-8-4-2-5-9-17/h2-16,21,23H,1H3/t16-,21-/m1/s1. The summed E-state index contributed by atoms with van der Waals surface area (Å²) in [4.78, 5) is 12.6. The van der Waals surface area contributed by atoms with Crippen molar-refractivity contribution in [3.63, 3.8) is 0 Å². The van der Waals surface area contributed by atoms with Gasteiger partial charge in [0.25, 0.3) is 0 Å². The molecule has 0 fully saturated rings. The lowest BCUT2D eigenvalue weighted by molar-refractivity contribution is 0.0714. The van der Waals surface area contributed by atoms with Crippen LogP contribution in [0, 0.1) is 5.92 Å². The van der Waals surface area contributed by atoms with Gasteiger partial charge in [0, 0.05) is 11.5 Å². The van der Waals surface area contributed by atoms with Crippen molar-refractivity contribution in [2.24, 2.45) is 5.92 Å². The molecule has 0 bridgehead atoms. The van der Waals surface area contributed by atoms with E-state index in [1.165, 1.54) is 0 Å². The first-order valence-corrected chi connectivity index (χ1v) is 8.09. The summed E-state index contributed by atoms with van der Waals surface area (Å²) in [7, 11) is 0. The summed E-state index contributed by atoms with van der Waals surface area (Å²) in [5, 5.41) is 10.4. The van der Waals surface area contributed by atoms with Crippen LogP contribution in [0.25, 0.3) is 11.1 Å². The monoisotopic (exact) mass is 316 g/mol. The molecule has 2 heteroatoms. The average Bonchev–Trinajstić information content (AvgIpc) is 2.68. The highest BCUT2D eigenvalue weighted by molar-refractivity contribution is 5.98. The smallest absolute Gasteiger partial charge is 0.168 e. The average molecular weight is 316 g/mol. The molecule has 0 aromatic heterocycles. The van der Waals surface area contributed by atoms with E-state index in [9.17, 15) is 9.90 Å². The predicted octanol–water partition coefficient (Wildman–Crippen LogP) is 4.91. The Bertz CT molecular complexity index is 792. The molecule has 1 N–H and O–H groups in total. The Labute approximate surface area is 142 Å². The lowest BCUT2D eigenvalue weighted by Crippen LogP contribution is -2.19. The van der Waals surface area contributed by atoms with E-state index in [0.29, 0.717) is 5.56 Å². The van der Waals surface area contributed by atoms with Gasteiger partial charge in [0.2, 0.25) is 0 Å². The SMILES string of the molecule is C[C@@H](C(=O)c1ccc(-c2ccccc2)cc1)[C@@H](O)c1ccccc1. The lowest BCUT2D eigenvalue weighted by Gasteiger charge is -2.18. The Morgan fingerprint density at radius 3 is 1.83 bits per heavy atom. The fourth-order valence-electron chi connectivity index (χ4n) is 2.80. The molecule has 0 spiro atoms. The van der Waals surface area contributed by atoms with Crippen LogP contribution in [0.4, 0.5) is 0 Å². The lowest BCUT2D eigenvalue weighted by atomic mass is 9.89. The molecule has 3 aromatic rings. The molecule has 0 aliphatic rings. The molecule has 0 amide bonds. The normalized spacial score (nSPS) is 13.2. The maximum atomic E-state index is 12.6. The number of carbonyl (C=O) groups is 1. The Kier molecular flexibility index (Phi) is 4.88. The highest BCUT2D eigenvalue weighted by Crippen LogP contribution is 2.26. The Morgan fingerprint density at radius 1 is 0.750 bits per heavy atom. The molecule has 3 rings (SSSR count). The van der Waals surface area contributed by atoms with Crippen molar-refractivity contribution in [3.8, 4) is 11.1 Å². The van der Waals surface area contributed by atoms with E-state index in [0.717, 1.165) is 16.7 Å². The zero-order valence-corrected chi connectivity index (χ0v) is 13.6. The molecule has 0 aliphatic carbocycles. The molecule has 120 valence electrons. The summed E-state index contributed by atoms with van der Waals surface area (Å²) in [6.45, 7) is 1.77. The maximum absolute atomic E-state index is 12.6. The van der Waals surface area contributed by atoms with Crippen molar-refractivity contribution < 1.29 is 9.90 Å². The first kappa shape index (κ1) is 16.2. The van der Waals surface area contributed by atoms with E-state index in [4.69, 9.17) is 0 Å². The van der Waals surface area contributed by atoms with Gasteiger partial charge in [-0.15, -0.1) is 0 Å². The molecule has 0 saturated carbocycles. The summed E-state index contributed by atoms with van der Waals surface area (Å²) in [6.07, 6.45) is -0.799. The van der Waals surface area contributed by atoms with Crippen molar-refractivity contribution in [1.82, 2.24) is 0 Å². The minimum atomic E-state index is -0.799. The quantitative estimate of drug-likeness (QED) is 0.679. The van der Waals surface area contributed by atoms with Crippen molar-refractivity contribution >= 4 is 5.78 Å². The van der Waals surface area contributed by atoms with Gasteiger partial charge < -0.3 is 5.11 Å².